The van der Waals surface area contributed by atoms with Crippen molar-refractivity contribution in [3.8, 4) is 0 Å². The molecule has 2 saturated heterocycles. The van der Waals surface area contributed by atoms with Gasteiger partial charge in [0, 0.05) is 14.2 Å². The van der Waals surface area contributed by atoms with Crippen LogP contribution >= 0.6 is 0 Å². The van der Waals surface area contributed by atoms with E-state index in [2.05, 4.69) is 47.4 Å². The second-order valence-electron chi connectivity index (χ2n) is 6.49. The number of ether oxygens (including phenoxy) is 10. The molecule has 2 aliphatic rings. The quantitative estimate of drug-likeness (QED) is 0.241. The predicted molar refractivity (Wildman–Crippen MR) is 132 cm³/mol. The van der Waals surface area contributed by atoms with Gasteiger partial charge in [-0.3, -0.25) is 0 Å². The fourth-order valence-electron chi connectivity index (χ4n) is 1.28. The second kappa shape index (κ2) is 32.1. The Morgan fingerprint density at radius 2 is 0.975 bits per heavy atom. The van der Waals surface area contributed by atoms with E-state index in [0.29, 0.717) is 12.8 Å². The van der Waals surface area contributed by atoms with Crippen molar-refractivity contribution in [3.05, 3.63) is 0 Å². The van der Waals surface area contributed by atoms with Crippen molar-refractivity contribution in [1.82, 2.24) is 0 Å². The lowest BCUT2D eigenvalue weighted by Crippen LogP contribution is -2.11. The van der Waals surface area contributed by atoms with Crippen molar-refractivity contribution >= 4 is 24.6 Å². The zero-order chi connectivity index (χ0) is 31.9. The average Bonchev–Trinajstić information content (AvgIpc) is 3.63. The molecular weight excluding hydrogens is 552 g/mol. The molecule has 2 fully saturated rings. The van der Waals surface area contributed by atoms with Crippen LogP contribution in [-0.2, 0) is 47.4 Å². The molecule has 2 aliphatic heterocycles. The molecule has 18 nitrogen and oxygen atoms in total. The van der Waals surface area contributed by atoms with E-state index in [0.717, 1.165) is 0 Å². The first-order valence-electron chi connectivity index (χ1n) is 11.4. The van der Waals surface area contributed by atoms with Crippen LogP contribution in [0, 0.1) is 0 Å². The number of hydrogen-bond acceptors (Lipinski definition) is 18. The minimum atomic E-state index is -0.657. The molecule has 0 aromatic rings. The highest BCUT2D eigenvalue weighted by molar-refractivity contribution is 5.61. The van der Waals surface area contributed by atoms with Crippen molar-refractivity contribution in [2.24, 2.45) is 0 Å². The summed E-state index contributed by atoms with van der Waals surface area (Å²) in [6.07, 6.45) is -3.37. The zero-order valence-corrected chi connectivity index (χ0v) is 24.1. The van der Waals surface area contributed by atoms with E-state index in [1.807, 2.05) is 13.8 Å². The maximum absolute atomic E-state index is 10.1. The molecule has 0 aliphatic carbocycles. The van der Waals surface area contributed by atoms with Crippen LogP contribution in [0.1, 0.15) is 26.7 Å². The maximum atomic E-state index is 10.1. The van der Waals surface area contributed by atoms with Gasteiger partial charge in [-0.2, -0.15) is 0 Å². The van der Waals surface area contributed by atoms with Gasteiger partial charge in [0.25, 0.3) is 0 Å². The first-order chi connectivity index (χ1) is 18.9. The Hall–Kier alpha value is -3.16. The van der Waals surface area contributed by atoms with E-state index in [1.165, 1.54) is 42.7 Å². The molecule has 4 unspecified atom stereocenters. The normalized spacial score (nSPS) is 17.3. The number of cyclic esters (lactones) is 4. The summed E-state index contributed by atoms with van der Waals surface area (Å²) in [7, 11) is 7.93. The smallest absolute Gasteiger partial charge is 0.438 e. The fraction of sp³-hybridized carbons (Fsp3) is 0.818. The Balaban J connectivity index is -0.000000196. The lowest BCUT2D eigenvalue weighted by atomic mass is 10.3. The summed E-state index contributed by atoms with van der Waals surface area (Å²) >= 11 is 0. The van der Waals surface area contributed by atoms with Crippen molar-refractivity contribution in [2.45, 2.75) is 51.5 Å². The molecule has 2 heterocycles. The van der Waals surface area contributed by atoms with Crippen molar-refractivity contribution in [1.29, 1.82) is 0 Å². The molecule has 240 valence electrons. The number of carbonyl (C=O) groups is 4. The van der Waals surface area contributed by atoms with Crippen LogP contribution in [0.3, 0.4) is 0 Å². The van der Waals surface area contributed by atoms with Crippen LogP contribution in [0.5, 0.6) is 0 Å². The van der Waals surface area contributed by atoms with Gasteiger partial charge >= 0.3 is 24.6 Å². The summed E-state index contributed by atoms with van der Waals surface area (Å²) < 4.78 is 43.0. The number of aliphatic hydroxyl groups excluding tert-OH is 4. The third-order valence-electron chi connectivity index (χ3n) is 3.69. The summed E-state index contributed by atoms with van der Waals surface area (Å²) in [5, 5.41) is 33.0. The lowest BCUT2D eigenvalue weighted by Gasteiger charge is -1.99. The maximum Gasteiger partial charge on any atom is 0.510 e. The number of hydrogen-bond donors (Lipinski definition) is 4. The summed E-state index contributed by atoms with van der Waals surface area (Å²) in [6, 6.07) is 0. The van der Waals surface area contributed by atoms with Crippen LogP contribution < -0.4 is 0 Å². The molecule has 4 atom stereocenters. The Bertz CT molecular complexity index is 545. The summed E-state index contributed by atoms with van der Waals surface area (Å²) in [5.74, 6) is 0. The third-order valence-corrected chi connectivity index (χ3v) is 3.69. The third kappa shape index (κ3) is 32.9. The highest BCUT2D eigenvalue weighted by atomic mass is 16.8. The lowest BCUT2D eigenvalue weighted by molar-refractivity contribution is -0.0509. The van der Waals surface area contributed by atoms with Gasteiger partial charge in [0.15, 0.2) is 13.2 Å². The highest BCUT2D eigenvalue weighted by Crippen LogP contribution is 2.05. The molecule has 0 aromatic carbocycles. The Morgan fingerprint density at radius 1 is 0.700 bits per heavy atom. The van der Waals surface area contributed by atoms with E-state index in [9.17, 15) is 19.2 Å². The van der Waals surface area contributed by atoms with Crippen LogP contribution in [0.25, 0.3) is 0 Å². The number of carbonyl (C=O) groups excluding carboxylic acids is 4. The van der Waals surface area contributed by atoms with Gasteiger partial charge in [0.05, 0.1) is 53.9 Å². The van der Waals surface area contributed by atoms with E-state index in [4.69, 9.17) is 20.4 Å². The fourth-order valence-corrected chi connectivity index (χ4v) is 1.28. The largest absolute Gasteiger partial charge is 0.510 e. The average molecular weight is 597 g/mol. The van der Waals surface area contributed by atoms with Crippen LogP contribution in [-0.4, -0.2) is 139 Å². The highest BCUT2D eigenvalue weighted by Gasteiger charge is 2.24. The van der Waals surface area contributed by atoms with E-state index < -0.39 is 49.4 Å². The van der Waals surface area contributed by atoms with Crippen LogP contribution in [0.4, 0.5) is 19.2 Å². The zero-order valence-electron chi connectivity index (χ0n) is 24.1. The molecule has 40 heavy (non-hydrogen) atoms. The minimum absolute atomic E-state index is 0.115. The Labute approximate surface area is 232 Å². The molecule has 0 aromatic heterocycles. The molecule has 0 spiro atoms. The Kier molecular flexibility index (Phi) is 35.2. The minimum Gasteiger partial charge on any atom is -0.438 e. The summed E-state index contributed by atoms with van der Waals surface area (Å²) in [5.41, 5.74) is 0. The van der Waals surface area contributed by atoms with Crippen LogP contribution in [0.2, 0.25) is 0 Å². The topological polar surface area (TPSA) is 241 Å². The number of rotatable bonds is 6. The molecule has 0 radical (unpaired) electrons. The van der Waals surface area contributed by atoms with Gasteiger partial charge in [-0.25, -0.2) is 19.2 Å². The molecule has 2 rings (SSSR count). The number of aliphatic hydroxyl groups is 4. The predicted octanol–water partition coefficient (Wildman–Crippen LogP) is 0.549. The molecule has 0 saturated carbocycles. The summed E-state index contributed by atoms with van der Waals surface area (Å²) in [6.45, 7) is 3.82. The van der Waals surface area contributed by atoms with Crippen LogP contribution in [0.15, 0.2) is 0 Å². The molecule has 4 N–H and O–H groups in total. The molecule has 18 heteroatoms. The second-order valence-corrected chi connectivity index (χ2v) is 6.49. The Morgan fingerprint density at radius 3 is 1.02 bits per heavy atom. The van der Waals surface area contributed by atoms with Gasteiger partial charge in [-0.1, -0.05) is 13.8 Å². The molecule has 0 amide bonds. The van der Waals surface area contributed by atoms with Gasteiger partial charge in [0.1, 0.15) is 0 Å². The van der Waals surface area contributed by atoms with Crippen molar-refractivity contribution in [3.63, 3.8) is 0 Å². The van der Waals surface area contributed by atoms with Crippen molar-refractivity contribution < 1.29 is 87.0 Å². The van der Waals surface area contributed by atoms with E-state index in [-0.39, 0.29) is 26.4 Å². The molecular formula is C22H44O18. The SMILES string of the molecule is CCC(O)CO.CCC(O)CO.COC(=O)OC.COC(=O)OC.COC1COC(=O)O1.COC1COC(=O)O1. The number of methoxy groups -OCH3 is 6. The summed E-state index contributed by atoms with van der Waals surface area (Å²) in [4.78, 5) is 39.6. The molecule has 0 bridgehead atoms. The van der Waals surface area contributed by atoms with Crippen molar-refractivity contribution in [2.75, 3.05) is 69.1 Å². The van der Waals surface area contributed by atoms with Gasteiger partial charge < -0.3 is 67.8 Å². The first kappa shape index (κ1) is 43.9. The van der Waals surface area contributed by atoms with Gasteiger partial charge in [0.2, 0.25) is 12.6 Å². The first-order valence-corrected chi connectivity index (χ1v) is 11.4. The van der Waals surface area contributed by atoms with Gasteiger partial charge in [-0.15, -0.1) is 0 Å². The van der Waals surface area contributed by atoms with E-state index >= 15 is 0 Å². The standard InChI is InChI=1S/2C4H6O4.2C4H10O2.2C3H6O3/c2*1-6-3-2-7-4(5)8-3;2*1-2-4(6)3-5;2*1-5-3(4)6-2/h2*3H,2H2,1H3;2*4-6H,2-3H2,1H3;2*1-2H3. The van der Waals surface area contributed by atoms with Gasteiger partial charge in [-0.05, 0) is 12.8 Å². The monoisotopic (exact) mass is 596 g/mol. The van der Waals surface area contributed by atoms with E-state index in [1.54, 1.807) is 0 Å².